The predicted molar refractivity (Wildman–Crippen MR) is 55.6 cm³/mol. The number of halogens is 3. The maximum absolute atomic E-state index is 12.3. The van der Waals surface area contributed by atoms with Gasteiger partial charge in [-0.25, -0.2) is 4.79 Å². The Bertz CT molecular complexity index is 393. The lowest BCUT2D eigenvalue weighted by Gasteiger charge is -2.10. The quantitative estimate of drug-likeness (QED) is 0.764. The summed E-state index contributed by atoms with van der Waals surface area (Å²) in [5, 5.41) is 12.9. The third-order valence-electron chi connectivity index (χ3n) is 1.85. The fraction of sp³-hybridized carbons (Fsp3) is 0.300. The minimum atomic E-state index is -4.45. The van der Waals surface area contributed by atoms with Crippen molar-refractivity contribution in [3.05, 3.63) is 29.8 Å². The second-order valence-corrected chi connectivity index (χ2v) is 3.18. The van der Waals surface area contributed by atoms with Gasteiger partial charge in [-0.3, -0.25) is 0 Å². The molecule has 94 valence electrons. The van der Waals surface area contributed by atoms with Crippen LogP contribution in [0, 0.1) is 0 Å². The molecular weight excluding hydrogens is 237 g/mol. The number of carbonyl (C=O) groups excluding carboxylic acids is 1. The van der Waals surface area contributed by atoms with Gasteiger partial charge in [0.25, 0.3) is 0 Å². The van der Waals surface area contributed by atoms with Crippen LogP contribution in [0.2, 0.25) is 0 Å². The molecule has 0 aliphatic rings. The molecule has 0 saturated carbocycles. The van der Waals surface area contributed by atoms with Crippen LogP contribution in [0.3, 0.4) is 0 Å². The molecule has 0 fully saturated rings. The van der Waals surface area contributed by atoms with E-state index in [9.17, 15) is 18.0 Å². The number of hydrogen-bond donors (Lipinski definition) is 3. The first-order valence-electron chi connectivity index (χ1n) is 4.76. The SMILES string of the molecule is O=C(NCCO)Nc1cccc(C(F)(F)F)c1. The number of nitrogens with one attached hydrogen (secondary N) is 2. The van der Waals surface area contributed by atoms with Gasteiger partial charge in [-0.15, -0.1) is 0 Å². The van der Waals surface area contributed by atoms with Gasteiger partial charge in [0.15, 0.2) is 0 Å². The summed E-state index contributed by atoms with van der Waals surface area (Å²) < 4.78 is 37.0. The highest BCUT2D eigenvalue weighted by Gasteiger charge is 2.30. The van der Waals surface area contributed by atoms with Gasteiger partial charge in [-0.2, -0.15) is 13.2 Å². The van der Waals surface area contributed by atoms with Gasteiger partial charge in [-0.1, -0.05) is 6.07 Å². The Kier molecular flexibility index (Phi) is 4.33. The van der Waals surface area contributed by atoms with Gasteiger partial charge in [-0.05, 0) is 18.2 Å². The van der Waals surface area contributed by atoms with E-state index in [0.29, 0.717) is 0 Å². The van der Waals surface area contributed by atoms with Gasteiger partial charge < -0.3 is 15.7 Å². The summed E-state index contributed by atoms with van der Waals surface area (Å²) in [6, 6.07) is 3.62. The summed E-state index contributed by atoms with van der Waals surface area (Å²) in [5.74, 6) is 0. The Balaban J connectivity index is 2.69. The lowest BCUT2D eigenvalue weighted by Crippen LogP contribution is -2.31. The van der Waals surface area contributed by atoms with Crippen LogP contribution in [-0.2, 0) is 6.18 Å². The lowest BCUT2D eigenvalue weighted by atomic mass is 10.2. The molecule has 0 aliphatic heterocycles. The molecule has 0 spiro atoms. The zero-order chi connectivity index (χ0) is 12.9. The van der Waals surface area contributed by atoms with Crippen LogP contribution >= 0.6 is 0 Å². The molecule has 17 heavy (non-hydrogen) atoms. The van der Waals surface area contributed by atoms with E-state index < -0.39 is 17.8 Å². The normalized spacial score (nSPS) is 11.1. The molecule has 1 aromatic rings. The molecule has 0 radical (unpaired) electrons. The van der Waals surface area contributed by atoms with E-state index in [4.69, 9.17) is 5.11 Å². The van der Waals surface area contributed by atoms with Crippen LogP contribution < -0.4 is 10.6 Å². The Morgan fingerprint density at radius 3 is 2.65 bits per heavy atom. The largest absolute Gasteiger partial charge is 0.416 e. The van der Waals surface area contributed by atoms with Gasteiger partial charge in [0.2, 0.25) is 0 Å². The van der Waals surface area contributed by atoms with Crippen molar-refractivity contribution in [2.75, 3.05) is 18.5 Å². The Morgan fingerprint density at radius 2 is 2.06 bits per heavy atom. The number of amides is 2. The topological polar surface area (TPSA) is 61.4 Å². The van der Waals surface area contributed by atoms with Crippen LogP contribution in [0.25, 0.3) is 0 Å². The van der Waals surface area contributed by atoms with Crippen LogP contribution in [0.5, 0.6) is 0 Å². The highest BCUT2D eigenvalue weighted by Crippen LogP contribution is 2.30. The number of aliphatic hydroxyl groups excluding tert-OH is 1. The molecule has 4 nitrogen and oxygen atoms in total. The summed E-state index contributed by atoms with van der Waals surface area (Å²) in [6.45, 7) is -0.208. The standard InChI is InChI=1S/C10H11F3N2O2/c11-10(12,13)7-2-1-3-8(6-7)15-9(17)14-4-5-16/h1-3,6,16H,4-5H2,(H2,14,15,17). The fourth-order valence-corrected chi connectivity index (χ4v) is 1.12. The van der Waals surface area contributed by atoms with E-state index in [2.05, 4.69) is 10.6 Å². The van der Waals surface area contributed by atoms with Gasteiger partial charge in [0.05, 0.1) is 12.2 Å². The number of anilines is 1. The summed E-state index contributed by atoms with van der Waals surface area (Å²) in [4.78, 5) is 11.1. The first-order chi connectivity index (χ1) is 7.93. The minimum Gasteiger partial charge on any atom is -0.395 e. The van der Waals surface area contributed by atoms with Gasteiger partial charge in [0, 0.05) is 12.2 Å². The second kappa shape index (κ2) is 5.53. The van der Waals surface area contributed by atoms with E-state index in [1.165, 1.54) is 12.1 Å². The average Bonchev–Trinajstić information content (AvgIpc) is 2.25. The first-order valence-corrected chi connectivity index (χ1v) is 4.76. The van der Waals surface area contributed by atoms with Crippen LogP contribution in [-0.4, -0.2) is 24.3 Å². The maximum atomic E-state index is 12.3. The van der Waals surface area contributed by atoms with Crippen molar-refractivity contribution < 1.29 is 23.1 Å². The Hall–Kier alpha value is -1.76. The van der Waals surface area contributed by atoms with Crippen molar-refractivity contribution in [1.82, 2.24) is 5.32 Å². The number of benzene rings is 1. The molecular formula is C10H11F3N2O2. The second-order valence-electron chi connectivity index (χ2n) is 3.18. The van der Waals surface area contributed by atoms with Gasteiger partial charge >= 0.3 is 12.2 Å². The molecule has 7 heteroatoms. The summed E-state index contributed by atoms with van der Waals surface area (Å²) >= 11 is 0. The van der Waals surface area contributed by atoms with Crippen molar-refractivity contribution in [2.24, 2.45) is 0 Å². The van der Waals surface area contributed by atoms with E-state index in [1.807, 2.05) is 0 Å². The summed E-state index contributed by atoms with van der Waals surface area (Å²) in [6.07, 6.45) is -4.45. The molecule has 0 bridgehead atoms. The number of carbonyl (C=O) groups is 1. The van der Waals surface area contributed by atoms with Crippen LogP contribution in [0.1, 0.15) is 5.56 Å². The molecule has 2 amide bonds. The lowest BCUT2D eigenvalue weighted by molar-refractivity contribution is -0.137. The van der Waals surface area contributed by atoms with E-state index in [-0.39, 0.29) is 18.8 Å². The number of hydrogen-bond acceptors (Lipinski definition) is 2. The molecule has 0 heterocycles. The van der Waals surface area contributed by atoms with Gasteiger partial charge in [0.1, 0.15) is 0 Å². The Morgan fingerprint density at radius 1 is 1.35 bits per heavy atom. The molecule has 0 unspecified atom stereocenters. The van der Waals surface area contributed by atoms with E-state index in [1.54, 1.807) is 0 Å². The molecule has 1 rings (SSSR count). The molecule has 3 N–H and O–H groups in total. The van der Waals surface area contributed by atoms with Crippen molar-refractivity contribution in [3.8, 4) is 0 Å². The number of urea groups is 1. The molecule has 0 atom stereocenters. The number of alkyl halides is 3. The zero-order valence-corrected chi connectivity index (χ0v) is 8.71. The smallest absolute Gasteiger partial charge is 0.395 e. The highest BCUT2D eigenvalue weighted by atomic mass is 19.4. The predicted octanol–water partition coefficient (Wildman–Crippen LogP) is 1.82. The van der Waals surface area contributed by atoms with Crippen molar-refractivity contribution in [3.63, 3.8) is 0 Å². The molecule has 0 aliphatic carbocycles. The van der Waals surface area contributed by atoms with Crippen LogP contribution in [0.15, 0.2) is 24.3 Å². The molecule has 0 aromatic heterocycles. The maximum Gasteiger partial charge on any atom is 0.416 e. The molecule has 0 saturated heterocycles. The zero-order valence-electron chi connectivity index (χ0n) is 8.71. The average molecular weight is 248 g/mol. The fourth-order valence-electron chi connectivity index (χ4n) is 1.12. The van der Waals surface area contributed by atoms with Crippen LogP contribution in [0.4, 0.5) is 23.7 Å². The third kappa shape index (κ3) is 4.31. The first kappa shape index (κ1) is 13.3. The van der Waals surface area contributed by atoms with Crippen molar-refractivity contribution in [1.29, 1.82) is 0 Å². The van der Waals surface area contributed by atoms with E-state index in [0.717, 1.165) is 12.1 Å². The monoisotopic (exact) mass is 248 g/mol. The number of aliphatic hydroxyl groups is 1. The molecule has 1 aromatic carbocycles. The highest BCUT2D eigenvalue weighted by molar-refractivity contribution is 5.89. The minimum absolute atomic E-state index is 0.0325. The number of rotatable bonds is 3. The summed E-state index contributed by atoms with van der Waals surface area (Å²) in [5.41, 5.74) is -0.798. The Labute approximate surface area is 95.4 Å². The van der Waals surface area contributed by atoms with E-state index >= 15 is 0 Å². The van der Waals surface area contributed by atoms with Crippen molar-refractivity contribution in [2.45, 2.75) is 6.18 Å². The third-order valence-corrected chi connectivity index (χ3v) is 1.85. The van der Waals surface area contributed by atoms with Crippen molar-refractivity contribution >= 4 is 11.7 Å². The summed E-state index contributed by atoms with van der Waals surface area (Å²) in [7, 11) is 0.